The van der Waals surface area contributed by atoms with Gasteiger partial charge in [0.25, 0.3) is 0 Å². The smallest absolute Gasteiger partial charge is 0.224 e. The molecule has 0 aliphatic heterocycles. The zero-order chi connectivity index (χ0) is 10.7. The lowest BCUT2D eigenvalue weighted by atomic mass is 9.91. The van der Waals surface area contributed by atoms with E-state index in [1.165, 1.54) is 12.8 Å². The van der Waals surface area contributed by atoms with Gasteiger partial charge < -0.3 is 11.1 Å². The second-order valence-electron chi connectivity index (χ2n) is 3.90. The predicted octanol–water partition coefficient (Wildman–Crippen LogP) is 1.81. The zero-order valence-electron chi connectivity index (χ0n) is 8.49. The minimum absolute atomic E-state index is 0.196. The number of hydrogen-bond donors (Lipinski definition) is 2. The second kappa shape index (κ2) is 4.77. The third kappa shape index (κ3) is 2.79. The summed E-state index contributed by atoms with van der Waals surface area (Å²) in [5, 5.41) is 3.70. The highest BCUT2D eigenvalue weighted by atomic mass is 35.5. The van der Waals surface area contributed by atoms with Gasteiger partial charge in [-0.15, -0.1) is 0 Å². The monoisotopic (exact) mass is 226 g/mol. The first kappa shape index (κ1) is 10.6. The minimum atomic E-state index is 0.196. The van der Waals surface area contributed by atoms with Gasteiger partial charge in [-0.3, -0.25) is 0 Å². The van der Waals surface area contributed by atoms with Crippen molar-refractivity contribution in [3.05, 3.63) is 17.4 Å². The molecular formula is C10H15ClN4. The number of nitrogens with zero attached hydrogens (tertiary/aromatic N) is 2. The summed E-state index contributed by atoms with van der Waals surface area (Å²) in [6, 6.07) is 2.13. The molecule has 1 fully saturated rings. The van der Waals surface area contributed by atoms with E-state index in [1.807, 2.05) is 0 Å². The molecule has 2 rings (SSSR count). The molecule has 0 aromatic carbocycles. The molecule has 1 aromatic heterocycles. The van der Waals surface area contributed by atoms with Crippen molar-refractivity contribution in [2.24, 2.45) is 5.73 Å². The van der Waals surface area contributed by atoms with Crippen LogP contribution in [0.3, 0.4) is 0 Å². The van der Waals surface area contributed by atoms with Crippen molar-refractivity contribution in [1.29, 1.82) is 0 Å². The van der Waals surface area contributed by atoms with Gasteiger partial charge in [-0.1, -0.05) is 24.4 Å². The Bertz CT molecular complexity index is 331. The van der Waals surface area contributed by atoms with E-state index in [0.717, 1.165) is 12.8 Å². The van der Waals surface area contributed by atoms with Gasteiger partial charge >= 0.3 is 0 Å². The molecule has 0 saturated heterocycles. The van der Waals surface area contributed by atoms with Crippen LogP contribution < -0.4 is 11.1 Å². The van der Waals surface area contributed by atoms with E-state index < -0.39 is 0 Å². The highest BCUT2D eigenvalue weighted by Crippen LogP contribution is 2.19. The minimum Gasteiger partial charge on any atom is -0.350 e. The predicted molar refractivity (Wildman–Crippen MR) is 60.9 cm³/mol. The Labute approximate surface area is 94.2 Å². The highest BCUT2D eigenvalue weighted by molar-refractivity contribution is 6.29. The molecule has 4 nitrogen and oxygen atoms in total. The first-order chi connectivity index (χ1) is 7.25. The number of rotatable bonds is 2. The Morgan fingerprint density at radius 3 is 2.93 bits per heavy atom. The summed E-state index contributed by atoms with van der Waals surface area (Å²) >= 11 is 5.78. The van der Waals surface area contributed by atoms with E-state index in [0.29, 0.717) is 11.1 Å². The molecule has 0 unspecified atom stereocenters. The molecule has 5 heteroatoms. The summed E-state index contributed by atoms with van der Waals surface area (Å²) < 4.78 is 0. The number of hydrogen-bond acceptors (Lipinski definition) is 4. The van der Waals surface area contributed by atoms with Gasteiger partial charge in [0, 0.05) is 18.3 Å². The SMILES string of the molecule is N[C@H]1CCCC[C@H]1Nc1nccc(Cl)n1. The summed E-state index contributed by atoms with van der Waals surface area (Å²) in [7, 11) is 0. The first-order valence-corrected chi connectivity index (χ1v) is 5.64. The third-order valence-corrected chi connectivity index (χ3v) is 2.97. The fourth-order valence-electron chi connectivity index (χ4n) is 1.91. The van der Waals surface area contributed by atoms with E-state index >= 15 is 0 Å². The molecule has 1 aromatic rings. The fourth-order valence-corrected chi connectivity index (χ4v) is 2.05. The zero-order valence-corrected chi connectivity index (χ0v) is 9.24. The molecule has 0 radical (unpaired) electrons. The molecule has 0 amide bonds. The van der Waals surface area contributed by atoms with E-state index in [2.05, 4.69) is 15.3 Å². The maximum Gasteiger partial charge on any atom is 0.224 e. The molecule has 2 atom stereocenters. The third-order valence-electron chi connectivity index (χ3n) is 2.76. The molecule has 1 saturated carbocycles. The molecule has 82 valence electrons. The topological polar surface area (TPSA) is 63.8 Å². The molecule has 1 aliphatic carbocycles. The van der Waals surface area contributed by atoms with Crippen molar-refractivity contribution in [2.45, 2.75) is 37.8 Å². The normalized spacial score (nSPS) is 26.3. The summed E-state index contributed by atoms with van der Waals surface area (Å²) in [6.45, 7) is 0. The van der Waals surface area contributed by atoms with Crippen LogP contribution in [0.4, 0.5) is 5.95 Å². The lowest BCUT2D eigenvalue weighted by molar-refractivity contribution is 0.402. The Morgan fingerprint density at radius 1 is 1.40 bits per heavy atom. The van der Waals surface area contributed by atoms with Gasteiger partial charge in [-0.25, -0.2) is 9.97 Å². The summed E-state index contributed by atoms with van der Waals surface area (Å²) in [4.78, 5) is 8.20. The maximum atomic E-state index is 6.01. The van der Waals surface area contributed by atoms with E-state index in [9.17, 15) is 0 Å². The number of nitrogens with one attached hydrogen (secondary N) is 1. The van der Waals surface area contributed by atoms with Crippen LogP contribution in [0.15, 0.2) is 12.3 Å². The Kier molecular flexibility index (Phi) is 3.38. The van der Waals surface area contributed by atoms with Gasteiger partial charge in [0.1, 0.15) is 5.15 Å². The average molecular weight is 227 g/mol. The van der Waals surface area contributed by atoms with Crippen molar-refractivity contribution in [2.75, 3.05) is 5.32 Å². The first-order valence-electron chi connectivity index (χ1n) is 5.26. The van der Waals surface area contributed by atoms with Crippen molar-refractivity contribution in [3.63, 3.8) is 0 Å². The van der Waals surface area contributed by atoms with Gasteiger partial charge in [0.15, 0.2) is 0 Å². The van der Waals surface area contributed by atoms with Crippen LogP contribution in [0.25, 0.3) is 0 Å². The summed E-state index contributed by atoms with van der Waals surface area (Å²) in [5.41, 5.74) is 6.01. The van der Waals surface area contributed by atoms with E-state index in [1.54, 1.807) is 12.3 Å². The molecule has 1 aliphatic rings. The van der Waals surface area contributed by atoms with Crippen molar-refractivity contribution >= 4 is 17.5 Å². The molecule has 0 spiro atoms. The van der Waals surface area contributed by atoms with Crippen LogP contribution in [-0.4, -0.2) is 22.1 Å². The van der Waals surface area contributed by atoms with Crippen LogP contribution in [0.2, 0.25) is 5.15 Å². The van der Waals surface area contributed by atoms with E-state index in [4.69, 9.17) is 17.3 Å². The second-order valence-corrected chi connectivity index (χ2v) is 4.29. The number of halogens is 1. The summed E-state index contributed by atoms with van der Waals surface area (Å²) in [5.74, 6) is 0.574. The van der Waals surface area contributed by atoms with Crippen molar-refractivity contribution < 1.29 is 0 Å². The van der Waals surface area contributed by atoms with Crippen LogP contribution >= 0.6 is 11.6 Å². The number of anilines is 1. The molecule has 1 heterocycles. The summed E-state index contributed by atoms with van der Waals surface area (Å²) in [6.07, 6.45) is 6.23. The maximum absolute atomic E-state index is 6.01. The number of aromatic nitrogens is 2. The van der Waals surface area contributed by atoms with Crippen LogP contribution in [0.1, 0.15) is 25.7 Å². The molecule has 15 heavy (non-hydrogen) atoms. The Balaban J connectivity index is 2.01. The molecular weight excluding hydrogens is 212 g/mol. The molecule has 0 bridgehead atoms. The van der Waals surface area contributed by atoms with Gasteiger partial charge in [-0.05, 0) is 18.9 Å². The van der Waals surface area contributed by atoms with Crippen LogP contribution in [-0.2, 0) is 0 Å². The number of nitrogens with two attached hydrogens (primary N) is 1. The lowest BCUT2D eigenvalue weighted by Gasteiger charge is -2.29. The van der Waals surface area contributed by atoms with Crippen molar-refractivity contribution in [1.82, 2.24) is 9.97 Å². The highest BCUT2D eigenvalue weighted by Gasteiger charge is 2.22. The van der Waals surface area contributed by atoms with Gasteiger partial charge in [-0.2, -0.15) is 0 Å². The van der Waals surface area contributed by atoms with Crippen LogP contribution in [0, 0.1) is 0 Å². The fraction of sp³-hybridized carbons (Fsp3) is 0.600. The van der Waals surface area contributed by atoms with Crippen molar-refractivity contribution in [3.8, 4) is 0 Å². The standard InChI is InChI=1S/C10H15ClN4/c11-9-5-6-13-10(15-9)14-8-4-2-1-3-7(8)12/h5-8H,1-4,12H2,(H,13,14,15)/t7-,8+/m0/s1. The van der Waals surface area contributed by atoms with Crippen LogP contribution in [0.5, 0.6) is 0 Å². The van der Waals surface area contributed by atoms with Gasteiger partial charge in [0.2, 0.25) is 5.95 Å². The Hall–Kier alpha value is -0.870. The quantitative estimate of drug-likeness (QED) is 0.755. The largest absolute Gasteiger partial charge is 0.350 e. The molecule has 3 N–H and O–H groups in total. The Morgan fingerprint density at radius 2 is 2.20 bits per heavy atom. The van der Waals surface area contributed by atoms with E-state index in [-0.39, 0.29) is 12.1 Å². The average Bonchev–Trinajstić information content (AvgIpc) is 2.22. The lowest BCUT2D eigenvalue weighted by Crippen LogP contribution is -2.42. The van der Waals surface area contributed by atoms with Gasteiger partial charge in [0.05, 0.1) is 0 Å².